The molecule has 21 heavy (non-hydrogen) atoms. The molecule has 0 aliphatic rings. The lowest BCUT2D eigenvalue weighted by Gasteiger charge is -2.26. The molecule has 0 saturated carbocycles. The van der Waals surface area contributed by atoms with Gasteiger partial charge in [0.15, 0.2) is 0 Å². The fraction of sp³-hybridized carbons (Fsp3) is 0.412. The summed E-state index contributed by atoms with van der Waals surface area (Å²) in [5, 5.41) is 7.60. The highest BCUT2D eigenvalue weighted by atomic mass is 32.1. The van der Waals surface area contributed by atoms with Gasteiger partial charge in [-0.3, -0.25) is 0 Å². The topological polar surface area (TPSA) is 15.3 Å². The van der Waals surface area contributed by atoms with Crippen molar-refractivity contribution in [2.24, 2.45) is 0 Å². The monoisotopic (exact) mass is 306 g/mol. The zero-order valence-electron chi connectivity index (χ0n) is 12.9. The molecule has 2 rings (SSSR count). The van der Waals surface area contributed by atoms with Gasteiger partial charge in [0.05, 0.1) is 5.69 Å². The minimum Gasteiger partial charge on any atom is -0.368 e. The van der Waals surface area contributed by atoms with Gasteiger partial charge in [-0.05, 0) is 53.9 Å². The molecule has 0 spiro atoms. The van der Waals surface area contributed by atoms with Crippen LogP contribution < -0.4 is 10.2 Å². The number of nitrogens with one attached hydrogen (secondary N) is 1. The lowest BCUT2D eigenvalue weighted by molar-refractivity contribution is 0.560. The average Bonchev–Trinajstić information content (AvgIpc) is 2.97. The van der Waals surface area contributed by atoms with E-state index in [9.17, 15) is 4.39 Å². The van der Waals surface area contributed by atoms with Gasteiger partial charge < -0.3 is 10.2 Å². The van der Waals surface area contributed by atoms with E-state index in [0.29, 0.717) is 5.69 Å². The molecule has 1 aromatic heterocycles. The molecule has 0 radical (unpaired) electrons. The smallest absolute Gasteiger partial charge is 0.146 e. The van der Waals surface area contributed by atoms with Gasteiger partial charge in [0.25, 0.3) is 0 Å². The number of anilines is 1. The van der Waals surface area contributed by atoms with E-state index in [4.69, 9.17) is 0 Å². The summed E-state index contributed by atoms with van der Waals surface area (Å²) in [6, 6.07) is 7.56. The number of hydrogen-bond acceptors (Lipinski definition) is 3. The minimum atomic E-state index is -0.157. The summed E-state index contributed by atoms with van der Waals surface area (Å²) < 4.78 is 14.3. The number of rotatable bonds is 7. The maximum absolute atomic E-state index is 14.3. The van der Waals surface area contributed by atoms with Gasteiger partial charge in [0, 0.05) is 19.6 Å². The summed E-state index contributed by atoms with van der Waals surface area (Å²) in [6.45, 7) is 5.88. The molecule has 0 aliphatic heterocycles. The molecule has 0 amide bonds. The molecule has 1 unspecified atom stereocenters. The summed E-state index contributed by atoms with van der Waals surface area (Å²) in [7, 11) is 1.95. The van der Waals surface area contributed by atoms with Crippen LogP contribution in [-0.4, -0.2) is 13.6 Å². The Bertz CT molecular complexity index is 554. The Labute approximate surface area is 130 Å². The predicted molar refractivity (Wildman–Crippen MR) is 89.5 cm³/mol. The Morgan fingerprint density at radius 2 is 2.14 bits per heavy atom. The van der Waals surface area contributed by atoms with Crippen LogP contribution in [0.15, 0.2) is 35.0 Å². The first-order valence-corrected chi connectivity index (χ1v) is 8.31. The normalized spacial score (nSPS) is 12.4. The molecule has 1 atom stereocenters. The van der Waals surface area contributed by atoms with E-state index < -0.39 is 0 Å². The first kappa shape index (κ1) is 16.0. The van der Waals surface area contributed by atoms with E-state index in [2.05, 4.69) is 36.0 Å². The zero-order valence-corrected chi connectivity index (χ0v) is 13.7. The van der Waals surface area contributed by atoms with Crippen LogP contribution in [-0.2, 0) is 6.54 Å². The zero-order chi connectivity index (χ0) is 15.2. The van der Waals surface area contributed by atoms with Crippen LogP contribution in [0.4, 0.5) is 10.1 Å². The third-order valence-electron chi connectivity index (χ3n) is 3.57. The van der Waals surface area contributed by atoms with Crippen molar-refractivity contribution in [3.8, 4) is 0 Å². The number of thiophene rings is 1. The lowest BCUT2D eigenvalue weighted by Crippen LogP contribution is -2.24. The van der Waals surface area contributed by atoms with Crippen LogP contribution in [0.25, 0.3) is 0 Å². The highest BCUT2D eigenvalue weighted by Crippen LogP contribution is 2.29. The van der Waals surface area contributed by atoms with Gasteiger partial charge in [0.2, 0.25) is 0 Å². The highest BCUT2D eigenvalue weighted by molar-refractivity contribution is 7.07. The SMILES string of the molecule is CCCNC(C)c1cccc(F)c1N(C)Cc1ccsc1. The van der Waals surface area contributed by atoms with E-state index in [1.807, 2.05) is 18.0 Å². The fourth-order valence-electron chi connectivity index (χ4n) is 2.49. The first-order chi connectivity index (χ1) is 10.1. The third-order valence-corrected chi connectivity index (χ3v) is 4.30. The van der Waals surface area contributed by atoms with Crippen LogP contribution in [0, 0.1) is 5.82 Å². The molecule has 1 N–H and O–H groups in total. The van der Waals surface area contributed by atoms with Gasteiger partial charge >= 0.3 is 0 Å². The molecular formula is C17H23FN2S. The van der Waals surface area contributed by atoms with Crippen molar-refractivity contribution in [1.29, 1.82) is 0 Å². The van der Waals surface area contributed by atoms with Crippen molar-refractivity contribution in [2.75, 3.05) is 18.5 Å². The number of benzene rings is 1. The molecule has 4 heteroatoms. The molecule has 0 aliphatic carbocycles. The average molecular weight is 306 g/mol. The quantitative estimate of drug-likeness (QED) is 0.805. The summed E-state index contributed by atoms with van der Waals surface area (Å²) >= 11 is 1.67. The highest BCUT2D eigenvalue weighted by Gasteiger charge is 2.17. The van der Waals surface area contributed by atoms with E-state index in [1.54, 1.807) is 17.4 Å². The summed E-state index contributed by atoms with van der Waals surface area (Å²) in [5.74, 6) is -0.157. The minimum absolute atomic E-state index is 0.139. The summed E-state index contributed by atoms with van der Waals surface area (Å²) in [5.41, 5.74) is 2.92. The van der Waals surface area contributed by atoms with Crippen molar-refractivity contribution in [3.05, 3.63) is 52.0 Å². The fourth-order valence-corrected chi connectivity index (χ4v) is 3.15. The summed E-state index contributed by atoms with van der Waals surface area (Å²) in [6.07, 6.45) is 1.07. The van der Waals surface area contributed by atoms with Gasteiger partial charge in [-0.2, -0.15) is 11.3 Å². The standard InChI is InChI=1S/C17H23FN2S/c1-4-9-19-13(2)15-6-5-7-16(18)17(15)20(3)11-14-8-10-21-12-14/h5-8,10,12-13,19H,4,9,11H2,1-3H3. The van der Waals surface area contributed by atoms with Crippen LogP contribution in [0.5, 0.6) is 0 Å². The Balaban J connectivity index is 2.24. The number of para-hydroxylation sites is 1. The molecule has 2 nitrogen and oxygen atoms in total. The number of hydrogen-bond donors (Lipinski definition) is 1. The van der Waals surface area contributed by atoms with Crippen molar-refractivity contribution in [1.82, 2.24) is 5.32 Å². The second-order valence-corrected chi connectivity index (χ2v) is 6.12. The van der Waals surface area contributed by atoms with Crippen LogP contribution in [0.2, 0.25) is 0 Å². The second-order valence-electron chi connectivity index (χ2n) is 5.34. The van der Waals surface area contributed by atoms with Crippen molar-refractivity contribution in [2.45, 2.75) is 32.9 Å². The number of nitrogens with zero attached hydrogens (tertiary/aromatic N) is 1. The van der Waals surface area contributed by atoms with Crippen LogP contribution >= 0.6 is 11.3 Å². The van der Waals surface area contributed by atoms with Crippen LogP contribution in [0.1, 0.15) is 37.4 Å². The maximum atomic E-state index is 14.3. The molecule has 1 aromatic carbocycles. The lowest BCUT2D eigenvalue weighted by atomic mass is 10.0. The maximum Gasteiger partial charge on any atom is 0.146 e. The van der Waals surface area contributed by atoms with Crippen molar-refractivity contribution in [3.63, 3.8) is 0 Å². The summed E-state index contributed by atoms with van der Waals surface area (Å²) in [4.78, 5) is 2.00. The molecule has 0 saturated heterocycles. The molecule has 0 fully saturated rings. The molecule has 0 bridgehead atoms. The first-order valence-electron chi connectivity index (χ1n) is 7.37. The van der Waals surface area contributed by atoms with E-state index in [0.717, 1.165) is 25.1 Å². The van der Waals surface area contributed by atoms with E-state index in [-0.39, 0.29) is 11.9 Å². The third kappa shape index (κ3) is 4.05. The molecule has 1 heterocycles. The predicted octanol–water partition coefficient (Wildman–Crippen LogP) is 4.58. The Morgan fingerprint density at radius 3 is 2.81 bits per heavy atom. The van der Waals surface area contributed by atoms with E-state index >= 15 is 0 Å². The Kier molecular flexibility index (Phi) is 5.76. The van der Waals surface area contributed by atoms with Gasteiger partial charge in [-0.1, -0.05) is 19.1 Å². The molecule has 114 valence electrons. The number of halogens is 1. The van der Waals surface area contributed by atoms with Gasteiger partial charge in [0.1, 0.15) is 5.82 Å². The molecular weight excluding hydrogens is 283 g/mol. The van der Waals surface area contributed by atoms with Crippen LogP contribution in [0.3, 0.4) is 0 Å². The van der Waals surface area contributed by atoms with E-state index in [1.165, 1.54) is 11.6 Å². The second kappa shape index (κ2) is 7.57. The van der Waals surface area contributed by atoms with Crippen molar-refractivity contribution >= 4 is 17.0 Å². The Morgan fingerprint density at radius 1 is 1.33 bits per heavy atom. The van der Waals surface area contributed by atoms with Crippen molar-refractivity contribution < 1.29 is 4.39 Å². The Hall–Kier alpha value is -1.39. The van der Waals surface area contributed by atoms with Gasteiger partial charge in [-0.15, -0.1) is 0 Å². The van der Waals surface area contributed by atoms with Gasteiger partial charge in [-0.25, -0.2) is 4.39 Å². The largest absolute Gasteiger partial charge is 0.368 e. The molecule has 2 aromatic rings.